The van der Waals surface area contributed by atoms with Crippen molar-refractivity contribution in [2.75, 3.05) is 14.2 Å². The van der Waals surface area contributed by atoms with Crippen LogP contribution in [0.15, 0.2) is 0 Å². The summed E-state index contributed by atoms with van der Waals surface area (Å²) in [6.07, 6.45) is 2.30. The standard InChI is InChI=1S/C11H18O5/c1-15-10(13)9(11(14)16-2)7-4-3-5-8(12)6-7/h7-9,12H,3-6H2,1-2H3/t7-,8-/m1/s1. The fourth-order valence-electron chi connectivity index (χ4n) is 2.24. The highest BCUT2D eigenvalue weighted by Crippen LogP contribution is 2.31. The number of carbonyl (C=O) groups excluding carboxylic acids is 2. The summed E-state index contributed by atoms with van der Waals surface area (Å²) >= 11 is 0. The van der Waals surface area contributed by atoms with E-state index in [9.17, 15) is 14.7 Å². The summed E-state index contributed by atoms with van der Waals surface area (Å²) in [7, 11) is 2.50. The van der Waals surface area contributed by atoms with Crippen LogP contribution in [0, 0.1) is 11.8 Å². The Hall–Kier alpha value is -1.10. The predicted molar refractivity (Wildman–Crippen MR) is 55.5 cm³/mol. The summed E-state index contributed by atoms with van der Waals surface area (Å²) in [4.78, 5) is 23.0. The molecule has 1 N–H and O–H groups in total. The summed E-state index contributed by atoms with van der Waals surface area (Å²) in [5.74, 6) is -2.23. The van der Waals surface area contributed by atoms with Gasteiger partial charge >= 0.3 is 11.9 Å². The van der Waals surface area contributed by atoms with E-state index in [1.165, 1.54) is 14.2 Å². The van der Waals surface area contributed by atoms with Crippen molar-refractivity contribution in [1.29, 1.82) is 0 Å². The fraction of sp³-hybridized carbons (Fsp3) is 0.818. The van der Waals surface area contributed by atoms with Crippen LogP contribution in [0.1, 0.15) is 25.7 Å². The van der Waals surface area contributed by atoms with Gasteiger partial charge in [-0.1, -0.05) is 6.42 Å². The molecule has 0 aromatic heterocycles. The largest absolute Gasteiger partial charge is 0.468 e. The van der Waals surface area contributed by atoms with E-state index in [-0.39, 0.29) is 5.92 Å². The van der Waals surface area contributed by atoms with Gasteiger partial charge in [0, 0.05) is 0 Å². The van der Waals surface area contributed by atoms with Crippen LogP contribution in [0.2, 0.25) is 0 Å². The highest BCUT2D eigenvalue weighted by Gasteiger charge is 2.39. The quantitative estimate of drug-likeness (QED) is 0.564. The van der Waals surface area contributed by atoms with Gasteiger partial charge in [-0.15, -0.1) is 0 Å². The van der Waals surface area contributed by atoms with Crippen LogP contribution in [0.5, 0.6) is 0 Å². The molecule has 1 aliphatic carbocycles. The number of hydrogen-bond acceptors (Lipinski definition) is 5. The Balaban J connectivity index is 2.75. The highest BCUT2D eigenvalue weighted by atomic mass is 16.5. The lowest BCUT2D eigenvalue weighted by molar-refractivity contribution is -0.162. The van der Waals surface area contributed by atoms with Crippen LogP contribution in [-0.2, 0) is 19.1 Å². The van der Waals surface area contributed by atoms with Crippen molar-refractivity contribution >= 4 is 11.9 Å². The number of ether oxygens (including phenoxy) is 2. The van der Waals surface area contributed by atoms with E-state index < -0.39 is 24.0 Å². The molecule has 0 saturated heterocycles. The minimum Gasteiger partial charge on any atom is -0.468 e. The monoisotopic (exact) mass is 230 g/mol. The van der Waals surface area contributed by atoms with E-state index >= 15 is 0 Å². The summed E-state index contributed by atoms with van der Waals surface area (Å²) < 4.78 is 9.20. The van der Waals surface area contributed by atoms with Gasteiger partial charge < -0.3 is 14.6 Å². The first-order valence-corrected chi connectivity index (χ1v) is 5.43. The Labute approximate surface area is 94.7 Å². The predicted octanol–water partition coefficient (Wildman–Crippen LogP) is 0.500. The molecule has 0 heterocycles. The molecule has 2 atom stereocenters. The maximum Gasteiger partial charge on any atom is 0.320 e. The van der Waals surface area contributed by atoms with E-state index in [1.807, 2.05) is 0 Å². The first-order valence-electron chi connectivity index (χ1n) is 5.43. The van der Waals surface area contributed by atoms with Crippen molar-refractivity contribution in [3.8, 4) is 0 Å². The van der Waals surface area contributed by atoms with Crippen molar-refractivity contribution in [3.63, 3.8) is 0 Å². The molecule has 1 aliphatic rings. The molecular formula is C11H18O5. The smallest absolute Gasteiger partial charge is 0.320 e. The van der Waals surface area contributed by atoms with Gasteiger partial charge in [0.2, 0.25) is 0 Å². The molecule has 1 saturated carbocycles. The topological polar surface area (TPSA) is 72.8 Å². The summed E-state index contributed by atoms with van der Waals surface area (Å²) in [5, 5.41) is 9.53. The lowest BCUT2D eigenvalue weighted by atomic mass is 9.78. The first-order chi connectivity index (χ1) is 7.60. The van der Waals surface area contributed by atoms with Gasteiger partial charge in [0.1, 0.15) is 0 Å². The van der Waals surface area contributed by atoms with Crippen LogP contribution in [0.3, 0.4) is 0 Å². The molecule has 0 aliphatic heterocycles. The molecule has 5 heteroatoms. The number of aliphatic hydroxyl groups excluding tert-OH is 1. The summed E-state index contributed by atoms with van der Waals surface area (Å²) in [5.41, 5.74) is 0. The third-order valence-electron chi connectivity index (χ3n) is 3.07. The zero-order valence-electron chi connectivity index (χ0n) is 9.64. The van der Waals surface area contributed by atoms with E-state index in [1.54, 1.807) is 0 Å². The highest BCUT2D eigenvalue weighted by molar-refractivity contribution is 5.95. The number of methoxy groups -OCH3 is 2. The first kappa shape index (κ1) is 13.0. The number of hydrogen-bond donors (Lipinski definition) is 1. The second-order valence-corrected chi connectivity index (χ2v) is 4.10. The van der Waals surface area contributed by atoms with Gasteiger partial charge in [-0.25, -0.2) is 0 Å². The van der Waals surface area contributed by atoms with E-state index in [0.717, 1.165) is 19.3 Å². The Morgan fingerprint density at radius 1 is 1.19 bits per heavy atom. The molecule has 1 rings (SSSR count). The summed E-state index contributed by atoms with van der Waals surface area (Å²) in [6, 6.07) is 0. The zero-order valence-corrected chi connectivity index (χ0v) is 9.64. The lowest BCUT2D eigenvalue weighted by Gasteiger charge is -2.29. The minimum atomic E-state index is -0.898. The van der Waals surface area contributed by atoms with Crippen LogP contribution < -0.4 is 0 Å². The van der Waals surface area contributed by atoms with Gasteiger partial charge in [-0.3, -0.25) is 9.59 Å². The molecule has 5 nitrogen and oxygen atoms in total. The number of rotatable bonds is 3. The summed E-state index contributed by atoms with van der Waals surface area (Å²) in [6.45, 7) is 0. The van der Waals surface area contributed by atoms with E-state index in [0.29, 0.717) is 6.42 Å². The molecule has 0 radical (unpaired) electrons. The number of esters is 2. The Morgan fingerprint density at radius 2 is 1.75 bits per heavy atom. The van der Waals surface area contributed by atoms with Crippen molar-refractivity contribution < 1.29 is 24.2 Å². The van der Waals surface area contributed by atoms with Gasteiger partial charge in [0.25, 0.3) is 0 Å². The van der Waals surface area contributed by atoms with Gasteiger partial charge in [0.15, 0.2) is 5.92 Å². The molecule has 16 heavy (non-hydrogen) atoms. The number of aliphatic hydroxyl groups is 1. The molecule has 0 bridgehead atoms. The van der Waals surface area contributed by atoms with Gasteiger partial charge in [0.05, 0.1) is 20.3 Å². The van der Waals surface area contributed by atoms with Crippen LogP contribution in [0.4, 0.5) is 0 Å². The minimum absolute atomic E-state index is 0.177. The van der Waals surface area contributed by atoms with Crippen molar-refractivity contribution in [3.05, 3.63) is 0 Å². The molecule has 0 unspecified atom stereocenters. The third kappa shape index (κ3) is 2.95. The molecule has 0 aromatic rings. The maximum atomic E-state index is 11.5. The van der Waals surface area contributed by atoms with Crippen LogP contribution >= 0.6 is 0 Å². The molecule has 0 spiro atoms. The Morgan fingerprint density at radius 3 is 2.19 bits per heavy atom. The average Bonchev–Trinajstić information content (AvgIpc) is 2.29. The van der Waals surface area contributed by atoms with Crippen molar-refractivity contribution in [2.24, 2.45) is 11.8 Å². The molecule has 0 amide bonds. The Kier molecular flexibility index (Phi) is 4.73. The van der Waals surface area contributed by atoms with Gasteiger partial charge in [-0.2, -0.15) is 0 Å². The second kappa shape index (κ2) is 5.84. The molecule has 1 fully saturated rings. The van der Waals surface area contributed by atoms with Gasteiger partial charge in [-0.05, 0) is 25.2 Å². The normalized spacial score (nSPS) is 25.2. The fourth-order valence-corrected chi connectivity index (χ4v) is 2.24. The second-order valence-electron chi connectivity index (χ2n) is 4.10. The average molecular weight is 230 g/mol. The maximum absolute atomic E-state index is 11.5. The molecular weight excluding hydrogens is 212 g/mol. The molecule has 92 valence electrons. The van der Waals surface area contributed by atoms with Crippen LogP contribution in [0.25, 0.3) is 0 Å². The molecule has 0 aromatic carbocycles. The SMILES string of the molecule is COC(=O)C(C(=O)OC)[C@@H]1CCC[C@@H](O)C1. The lowest BCUT2D eigenvalue weighted by Crippen LogP contribution is -2.37. The zero-order chi connectivity index (χ0) is 12.1. The number of carbonyl (C=O) groups is 2. The van der Waals surface area contributed by atoms with E-state index in [2.05, 4.69) is 9.47 Å². The van der Waals surface area contributed by atoms with Crippen molar-refractivity contribution in [1.82, 2.24) is 0 Å². The van der Waals surface area contributed by atoms with E-state index in [4.69, 9.17) is 0 Å². The van der Waals surface area contributed by atoms with Crippen molar-refractivity contribution in [2.45, 2.75) is 31.8 Å². The third-order valence-corrected chi connectivity index (χ3v) is 3.07. The Bertz CT molecular complexity index is 247. The van der Waals surface area contributed by atoms with Crippen LogP contribution in [-0.4, -0.2) is 37.4 Å².